The Hall–Kier alpha value is -1.41. The normalized spacial score (nSPS) is 10.1. The first-order chi connectivity index (χ1) is 6.06. The van der Waals surface area contributed by atoms with Gasteiger partial charge in [-0.05, 0) is 6.07 Å². The predicted molar refractivity (Wildman–Crippen MR) is 43.3 cm³/mol. The fourth-order valence-electron chi connectivity index (χ4n) is 0.760. The average Bonchev–Trinajstić information content (AvgIpc) is 2.03. The summed E-state index contributed by atoms with van der Waals surface area (Å²) in [5.74, 6) is 0. The first kappa shape index (κ1) is 9.68. The zero-order valence-corrected chi connectivity index (χ0v) is 7.02. The van der Waals surface area contributed by atoms with E-state index >= 15 is 0 Å². The molecule has 0 unspecified atom stereocenters. The van der Waals surface area contributed by atoms with Gasteiger partial charge < -0.3 is 5.73 Å². The lowest BCUT2D eigenvalue weighted by Gasteiger charge is -2.03. The van der Waals surface area contributed by atoms with Crippen LogP contribution in [0.15, 0.2) is 6.07 Å². The van der Waals surface area contributed by atoms with E-state index in [2.05, 4.69) is 4.98 Å². The van der Waals surface area contributed by atoms with E-state index in [4.69, 9.17) is 22.6 Å². The number of nitrogens with zero attached hydrogens (tertiary/aromatic N) is 2. The quantitative estimate of drug-likeness (QED) is 0.761. The second kappa shape index (κ2) is 3.54. The summed E-state index contributed by atoms with van der Waals surface area (Å²) >= 11 is 5.42. The van der Waals surface area contributed by atoms with Crippen molar-refractivity contribution in [2.75, 3.05) is 5.73 Å². The molecule has 0 fully saturated rings. The second-order valence-electron chi connectivity index (χ2n) is 2.21. The van der Waals surface area contributed by atoms with Gasteiger partial charge in [0, 0.05) is 0 Å². The van der Waals surface area contributed by atoms with Crippen molar-refractivity contribution in [2.24, 2.45) is 0 Å². The van der Waals surface area contributed by atoms with Crippen LogP contribution in [0.5, 0.6) is 0 Å². The summed E-state index contributed by atoms with van der Waals surface area (Å²) in [6.45, 7) is 0. The van der Waals surface area contributed by atoms with Crippen LogP contribution in [0.2, 0.25) is 5.02 Å². The molecule has 0 aliphatic heterocycles. The van der Waals surface area contributed by atoms with Crippen molar-refractivity contribution < 1.29 is 8.78 Å². The van der Waals surface area contributed by atoms with E-state index in [-0.39, 0.29) is 16.4 Å². The molecule has 0 bridgehead atoms. The molecule has 1 aromatic heterocycles. The molecule has 0 aliphatic rings. The zero-order chi connectivity index (χ0) is 10.0. The topological polar surface area (TPSA) is 62.7 Å². The van der Waals surface area contributed by atoms with E-state index in [1.165, 1.54) is 0 Å². The lowest BCUT2D eigenvalue weighted by atomic mass is 10.2. The van der Waals surface area contributed by atoms with Crippen LogP contribution < -0.4 is 5.73 Å². The lowest BCUT2D eigenvalue weighted by molar-refractivity contribution is 0.146. The molecule has 13 heavy (non-hydrogen) atoms. The van der Waals surface area contributed by atoms with Crippen LogP contribution in [0.4, 0.5) is 14.5 Å². The molecule has 0 aliphatic carbocycles. The smallest absolute Gasteiger partial charge is 0.281 e. The van der Waals surface area contributed by atoms with E-state index in [1.807, 2.05) is 0 Å². The SMILES string of the molecule is N#Cc1nc(C(F)F)c(Cl)cc1N. The van der Waals surface area contributed by atoms with Gasteiger partial charge in [0.15, 0.2) is 5.69 Å². The Morgan fingerprint density at radius 1 is 1.62 bits per heavy atom. The van der Waals surface area contributed by atoms with Gasteiger partial charge in [-0.2, -0.15) is 5.26 Å². The first-order valence-electron chi connectivity index (χ1n) is 3.20. The predicted octanol–water partition coefficient (Wildman–Crippen LogP) is 2.13. The number of halogens is 3. The van der Waals surface area contributed by atoms with Crippen LogP contribution in [0.3, 0.4) is 0 Å². The number of anilines is 1. The average molecular weight is 204 g/mol. The van der Waals surface area contributed by atoms with Crippen molar-refractivity contribution in [3.63, 3.8) is 0 Å². The largest absolute Gasteiger partial charge is 0.396 e. The van der Waals surface area contributed by atoms with Crippen LogP contribution in [0, 0.1) is 11.3 Å². The van der Waals surface area contributed by atoms with Crippen molar-refractivity contribution in [3.8, 4) is 6.07 Å². The van der Waals surface area contributed by atoms with Crippen molar-refractivity contribution in [1.82, 2.24) is 4.98 Å². The van der Waals surface area contributed by atoms with Crippen LogP contribution in [0.1, 0.15) is 17.8 Å². The molecular weight excluding hydrogens is 200 g/mol. The lowest BCUT2D eigenvalue weighted by Crippen LogP contribution is -1.99. The van der Waals surface area contributed by atoms with Gasteiger partial charge in [-0.3, -0.25) is 0 Å². The molecule has 1 aromatic rings. The van der Waals surface area contributed by atoms with Gasteiger partial charge >= 0.3 is 0 Å². The Morgan fingerprint density at radius 3 is 2.69 bits per heavy atom. The molecule has 3 nitrogen and oxygen atoms in total. The van der Waals surface area contributed by atoms with E-state index in [1.54, 1.807) is 6.07 Å². The van der Waals surface area contributed by atoms with Gasteiger partial charge in [-0.25, -0.2) is 13.8 Å². The summed E-state index contributed by atoms with van der Waals surface area (Å²) in [5.41, 5.74) is 4.43. The Morgan fingerprint density at radius 2 is 2.23 bits per heavy atom. The Bertz CT molecular complexity index is 373. The molecule has 0 saturated heterocycles. The third kappa shape index (κ3) is 1.84. The summed E-state index contributed by atoms with van der Waals surface area (Å²) < 4.78 is 24.4. The molecule has 1 heterocycles. The van der Waals surface area contributed by atoms with Crippen LogP contribution in [-0.2, 0) is 0 Å². The Balaban J connectivity index is 3.33. The number of nitriles is 1. The van der Waals surface area contributed by atoms with Crippen molar-refractivity contribution in [3.05, 3.63) is 22.5 Å². The molecule has 1 rings (SSSR count). The van der Waals surface area contributed by atoms with Crippen LogP contribution in [0.25, 0.3) is 0 Å². The number of hydrogen-bond donors (Lipinski definition) is 1. The van der Waals surface area contributed by atoms with E-state index < -0.39 is 12.1 Å². The van der Waals surface area contributed by atoms with Crippen molar-refractivity contribution >= 4 is 17.3 Å². The number of pyridine rings is 1. The zero-order valence-electron chi connectivity index (χ0n) is 6.26. The van der Waals surface area contributed by atoms with Crippen LogP contribution in [-0.4, -0.2) is 4.98 Å². The summed E-state index contributed by atoms with van der Waals surface area (Å²) in [6, 6.07) is 2.68. The second-order valence-corrected chi connectivity index (χ2v) is 2.61. The number of nitrogen functional groups attached to an aromatic ring is 1. The Kier molecular flexibility index (Phi) is 2.63. The molecule has 2 N–H and O–H groups in total. The number of hydrogen-bond acceptors (Lipinski definition) is 3. The minimum atomic E-state index is -2.81. The third-order valence-electron chi connectivity index (χ3n) is 1.35. The molecule has 0 spiro atoms. The maximum absolute atomic E-state index is 12.2. The van der Waals surface area contributed by atoms with E-state index in [9.17, 15) is 8.78 Å². The van der Waals surface area contributed by atoms with Gasteiger partial charge in [0.1, 0.15) is 11.8 Å². The maximum Gasteiger partial charge on any atom is 0.281 e. The molecule has 0 atom stereocenters. The van der Waals surface area contributed by atoms with Crippen molar-refractivity contribution in [1.29, 1.82) is 5.26 Å². The molecule has 6 heteroatoms. The van der Waals surface area contributed by atoms with E-state index in [0.29, 0.717) is 0 Å². The fourth-order valence-corrected chi connectivity index (χ4v) is 1.00. The van der Waals surface area contributed by atoms with Gasteiger partial charge in [-0.15, -0.1) is 0 Å². The van der Waals surface area contributed by atoms with Gasteiger partial charge in [-0.1, -0.05) is 11.6 Å². The highest BCUT2D eigenvalue weighted by atomic mass is 35.5. The highest BCUT2D eigenvalue weighted by molar-refractivity contribution is 6.31. The minimum absolute atomic E-state index is 0.00287. The molecular formula is C7H4ClF2N3. The van der Waals surface area contributed by atoms with E-state index in [0.717, 1.165) is 6.07 Å². The number of rotatable bonds is 1. The summed E-state index contributed by atoms with van der Waals surface area (Å²) in [7, 11) is 0. The van der Waals surface area contributed by atoms with Gasteiger partial charge in [0.05, 0.1) is 10.7 Å². The highest BCUT2D eigenvalue weighted by Crippen LogP contribution is 2.27. The fraction of sp³-hybridized carbons (Fsp3) is 0.143. The summed E-state index contributed by atoms with van der Waals surface area (Å²) in [6.07, 6.45) is -2.81. The van der Waals surface area contributed by atoms with Gasteiger partial charge in [0.25, 0.3) is 6.43 Å². The molecule has 68 valence electrons. The number of alkyl halides is 2. The summed E-state index contributed by atoms with van der Waals surface area (Å²) in [4.78, 5) is 3.32. The molecule has 0 amide bonds. The molecule has 0 radical (unpaired) electrons. The standard InChI is InChI=1S/C7H4ClF2N3/c8-3-1-4(12)5(2-11)13-6(3)7(9)10/h1,7H,12H2. The van der Waals surface area contributed by atoms with Gasteiger partial charge in [0.2, 0.25) is 0 Å². The first-order valence-corrected chi connectivity index (χ1v) is 3.58. The molecule has 0 aromatic carbocycles. The van der Waals surface area contributed by atoms with Crippen LogP contribution >= 0.6 is 11.6 Å². The highest BCUT2D eigenvalue weighted by Gasteiger charge is 2.16. The number of nitrogens with two attached hydrogens (primary N) is 1. The molecule has 0 saturated carbocycles. The Labute approximate surface area is 77.7 Å². The minimum Gasteiger partial charge on any atom is -0.396 e. The summed E-state index contributed by atoms with van der Waals surface area (Å²) in [5, 5.41) is 8.20. The third-order valence-corrected chi connectivity index (χ3v) is 1.65. The monoisotopic (exact) mass is 203 g/mol. The van der Waals surface area contributed by atoms with Crippen molar-refractivity contribution in [2.45, 2.75) is 6.43 Å². The maximum atomic E-state index is 12.2. The number of aromatic nitrogens is 1.